The Morgan fingerprint density at radius 2 is 2.27 bits per heavy atom. The Balaban J connectivity index is 1.50. The number of nitrogens with zero attached hydrogens (tertiary/aromatic N) is 2. The van der Waals surface area contributed by atoms with E-state index in [-0.39, 0.29) is 11.9 Å². The molecule has 0 spiro atoms. The van der Waals surface area contributed by atoms with Gasteiger partial charge in [-0.1, -0.05) is 18.2 Å². The Hall–Kier alpha value is -2.14. The van der Waals surface area contributed by atoms with Crippen molar-refractivity contribution in [3.63, 3.8) is 0 Å². The van der Waals surface area contributed by atoms with Gasteiger partial charge in [-0.25, -0.2) is 4.98 Å². The number of aryl methyl sites for hydroxylation is 2. The molecule has 0 radical (unpaired) electrons. The molecular formula is C17H17N3OS. The van der Waals surface area contributed by atoms with Crippen LogP contribution in [0.4, 0.5) is 0 Å². The number of thiophene rings is 1. The Kier molecular flexibility index (Phi) is 3.22. The molecule has 22 heavy (non-hydrogen) atoms. The third-order valence-corrected chi connectivity index (χ3v) is 5.21. The van der Waals surface area contributed by atoms with Crippen molar-refractivity contribution in [3.05, 3.63) is 52.9 Å². The zero-order valence-corrected chi connectivity index (χ0v) is 13.2. The van der Waals surface area contributed by atoms with Gasteiger partial charge in [-0.15, -0.1) is 11.3 Å². The van der Waals surface area contributed by atoms with Crippen LogP contribution >= 0.6 is 11.3 Å². The van der Waals surface area contributed by atoms with Crippen molar-refractivity contribution in [2.45, 2.75) is 32.4 Å². The largest absolute Gasteiger partial charge is 0.347 e. The minimum absolute atomic E-state index is 0.0338. The number of hydrogen-bond acceptors (Lipinski definition) is 3. The second-order valence-corrected chi connectivity index (χ2v) is 6.89. The smallest absolute Gasteiger partial charge is 0.261 e. The first-order chi connectivity index (χ1) is 10.7. The highest BCUT2D eigenvalue weighted by atomic mass is 32.1. The number of hydrogen-bond donors (Lipinski definition) is 1. The lowest BCUT2D eigenvalue weighted by molar-refractivity contribution is 0.0932. The fourth-order valence-electron chi connectivity index (χ4n) is 3.05. The molecule has 4 nitrogen and oxygen atoms in total. The summed E-state index contributed by atoms with van der Waals surface area (Å²) in [6.45, 7) is 2.82. The van der Waals surface area contributed by atoms with Gasteiger partial charge in [0.1, 0.15) is 5.82 Å². The van der Waals surface area contributed by atoms with Gasteiger partial charge in [0.05, 0.1) is 10.6 Å². The lowest BCUT2D eigenvalue weighted by atomic mass is 10.1. The molecule has 1 aromatic carbocycles. The van der Waals surface area contributed by atoms with E-state index in [9.17, 15) is 4.79 Å². The Morgan fingerprint density at radius 1 is 1.41 bits per heavy atom. The molecule has 0 bridgehead atoms. The maximum atomic E-state index is 12.5. The highest BCUT2D eigenvalue weighted by molar-refractivity contribution is 7.20. The number of benzene rings is 1. The van der Waals surface area contributed by atoms with Gasteiger partial charge in [0.15, 0.2) is 0 Å². The molecule has 1 N–H and O–H groups in total. The van der Waals surface area contributed by atoms with Crippen LogP contribution in [0.15, 0.2) is 36.5 Å². The summed E-state index contributed by atoms with van der Waals surface area (Å²) in [7, 11) is 0. The average Bonchev–Trinajstić information content (AvgIpc) is 3.08. The monoisotopic (exact) mass is 311 g/mol. The average molecular weight is 311 g/mol. The summed E-state index contributed by atoms with van der Waals surface area (Å²) in [6, 6.07) is 10.3. The zero-order valence-electron chi connectivity index (χ0n) is 12.4. The Morgan fingerprint density at radius 3 is 3.14 bits per heavy atom. The molecule has 0 unspecified atom stereocenters. The minimum Gasteiger partial charge on any atom is -0.347 e. The van der Waals surface area contributed by atoms with E-state index in [1.165, 1.54) is 0 Å². The van der Waals surface area contributed by atoms with Crippen molar-refractivity contribution in [3.8, 4) is 0 Å². The van der Waals surface area contributed by atoms with E-state index in [4.69, 9.17) is 0 Å². The molecule has 3 heterocycles. The van der Waals surface area contributed by atoms with Gasteiger partial charge in [-0.05, 0) is 30.9 Å². The van der Waals surface area contributed by atoms with Crippen LogP contribution in [0.25, 0.3) is 10.1 Å². The van der Waals surface area contributed by atoms with Crippen LogP contribution in [-0.4, -0.2) is 21.5 Å². The molecule has 0 aliphatic carbocycles. The standard InChI is InChI=1S/C17H17N3OS/c1-11-9-20-10-13(6-7-16(20)18-11)19-17(21)15-8-12-4-2-3-5-14(12)22-15/h2-5,8-9,13H,6-7,10H2,1H3,(H,19,21)/t13-/m0/s1. The van der Waals surface area contributed by atoms with Crippen LogP contribution in [0.2, 0.25) is 0 Å². The third-order valence-electron chi connectivity index (χ3n) is 4.10. The number of carbonyl (C=O) groups is 1. The molecule has 3 aromatic rings. The van der Waals surface area contributed by atoms with Crippen molar-refractivity contribution in [2.75, 3.05) is 0 Å². The second kappa shape index (κ2) is 5.25. The van der Waals surface area contributed by atoms with Gasteiger partial charge in [0.2, 0.25) is 0 Å². The molecule has 112 valence electrons. The molecule has 1 atom stereocenters. The van der Waals surface area contributed by atoms with Gasteiger partial charge in [0.25, 0.3) is 5.91 Å². The lowest BCUT2D eigenvalue weighted by Crippen LogP contribution is -2.40. The molecule has 2 aromatic heterocycles. The molecule has 4 rings (SSSR count). The van der Waals surface area contributed by atoms with E-state index >= 15 is 0 Å². The molecular weight excluding hydrogens is 294 g/mol. The van der Waals surface area contributed by atoms with Crippen molar-refractivity contribution >= 4 is 27.3 Å². The van der Waals surface area contributed by atoms with Gasteiger partial charge in [-0.2, -0.15) is 0 Å². The van der Waals surface area contributed by atoms with Crippen LogP contribution < -0.4 is 5.32 Å². The maximum Gasteiger partial charge on any atom is 0.261 e. The normalized spacial score (nSPS) is 17.4. The van der Waals surface area contributed by atoms with E-state index in [1.807, 2.05) is 31.2 Å². The fraction of sp³-hybridized carbons (Fsp3) is 0.294. The third kappa shape index (κ3) is 2.41. The van der Waals surface area contributed by atoms with Gasteiger partial charge >= 0.3 is 0 Å². The van der Waals surface area contributed by atoms with E-state index in [0.717, 1.165) is 45.9 Å². The lowest BCUT2D eigenvalue weighted by Gasteiger charge is -2.24. The van der Waals surface area contributed by atoms with Crippen molar-refractivity contribution in [1.29, 1.82) is 0 Å². The molecule has 0 saturated heterocycles. The predicted octanol–water partition coefficient (Wildman–Crippen LogP) is 3.15. The molecule has 1 aliphatic rings. The summed E-state index contributed by atoms with van der Waals surface area (Å²) in [6.07, 6.45) is 3.94. The number of fused-ring (bicyclic) bond motifs is 2. The van der Waals surface area contributed by atoms with Crippen molar-refractivity contribution < 1.29 is 4.79 Å². The highest BCUT2D eigenvalue weighted by Gasteiger charge is 2.22. The molecule has 1 aliphatic heterocycles. The molecule has 0 fully saturated rings. The van der Waals surface area contributed by atoms with E-state index in [1.54, 1.807) is 11.3 Å². The van der Waals surface area contributed by atoms with Gasteiger partial charge in [-0.3, -0.25) is 4.79 Å². The van der Waals surface area contributed by atoms with Gasteiger partial charge < -0.3 is 9.88 Å². The number of rotatable bonds is 2. The number of amides is 1. The van der Waals surface area contributed by atoms with E-state index in [2.05, 4.69) is 27.1 Å². The fourth-order valence-corrected chi connectivity index (χ4v) is 4.02. The summed E-state index contributed by atoms with van der Waals surface area (Å²) in [5.41, 5.74) is 1.05. The SMILES string of the molecule is Cc1cn2c(n1)CC[C@H](NC(=O)c1cc3ccccc3s1)C2. The van der Waals surface area contributed by atoms with Crippen LogP contribution in [-0.2, 0) is 13.0 Å². The van der Waals surface area contributed by atoms with Gasteiger partial charge in [0, 0.05) is 29.9 Å². The first kappa shape index (κ1) is 13.5. The maximum absolute atomic E-state index is 12.5. The number of imidazole rings is 1. The predicted molar refractivity (Wildman–Crippen MR) is 88.4 cm³/mol. The highest BCUT2D eigenvalue weighted by Crippen LogP contribution is 2.25. The van der Waals surface area contributed by atoms with E-state index in [0.29, 0.717) is 0 Å². The van der Waals surface area contributed by atoms with E-state index < -0.39 is 0 Å². The van der Waals surface area contributed by atoms with Crippen LogP contribution in [0.1, 0.15) is 27.6 Å². The second-order valence-electron chi connectivity index (χ2n) is 5.81. The summed E-state index contributed by atoms with van der Waals surface area (Å²) < 4.78 is 3.32. The topological polar surface area (TPSA) is 46.9 Å². The first-order valence-electron chi connectivity index (χ1n) is 7.51. The quantitative estimate of drug-likeness (QED) is 0.790. The summed E-state index contributed by atoms with van der Waals surface area (Å²) >= 11 is 1.55. The molecule has 5 heteroatoms. The van der Waals surface area contributed by atoms with Crippen LogP contribution in [0, 0.1) is 6.92 Å². The summed E-state index contributed by atoms with van der Waals surface area (Å²) in [4.78, 5) is 17.8. The number of aromatic nitrogens is 2. The summed E-state index contributed by atoms with van der Waals surface area (Å²) in [5.74, 6) is 1.16. The first-order valence-corrected chi connectivity index (χ1v) is 8.33. The molecule has 0 saturated carbocycles. The van der Waals surface area contributed by atoms with Crippen molar-refractivity contribution in [1.82, 2.24) is 14.9 Å². The van der Waals surface area contributed by atoms with Crippen LogP contribution in [0.3, 0.4) is 0 Å². The number of nitrogens with one attached hydrogen (secondary N) is 1. The Bertz CT molecular complexity index is 816. The Labute approximate surface area is 132 Å². The van der Waals surface area contributed by atoms with Crippen molar-refractivity contribution in [2.24, 2.45) is 0 Å². The zero-order chi connectivity index (χ0) is 15.1. The molecule has 1 amide bonds. The summed E-state index contributed by atoms with van der Waals surface area (Å²) in [5, 5.41) is 4.30. The minimum atomic E-state index is 0.0338. The number of carbonyl (C=O) groups excluding carboxylic acids is 1. The van der Waals surface area contributed by atoms with Crippen LogP contribution in [0.5, 0.6) is 0 Å².